The third-order valence-electron chi connectivity index (χ3n) is 5.41. The van der Waals surface area contributed by atoms with Crippen LogP contribution in [0.25, 0.3) is 10.9 Å². The highest BCUT2D eigenvalue weighted by molar-refractivity contribution is 6.31. The summed E-state index contributed by atoms with van der Waals surface area (Å²) in [6.45, 7) is 3.40. The van der Waals surface area contributed by atoms with Crippen LogP contribution in [0.3, 0.4) is 0 Å². The first kappa shape index (κ1) is 24.1. The molecule has 0 radical (unpaired) electrons. The molecule has 0 aliphatic carbocycles. The summed E-state index contributed by atoms with van der Waals surface area (Å²) in [6, 6.07) is 14.0. The molecule has 2 unspecified atom stereocenters. The van der Waals surface area contributed by atoms with Gasteiger partial charge in [0.25, 0.3) is 6.47 Å². The molecule has 3 aromatic rings. The van der Waals surface area contributed by atoms with E-state index in [9.17, 15) is 9.90 Å². The van der Waals surface area contributed by atoms with Gasteiger partial charge in [0.2, 0.25) is 0 Å². The third kappa shape index (κ3) is 5.61. The van der Waals surface area contributed by atoms with Crippen molar-refractivity contribution >= 4 is 29.0 Å². The number of nitrogens with zero attached hydrogens (tertiary/aromatic N) is 1. The monoisotopic (exact) mass is 460 g/mol. The van der Waals surface area contributed by atoms with Gasteiger partial charge in [0, 0.05) is 28.2 Å². The number of carbonyl (C=O) groups is 1. The second kappa shape index (κ2) is 11.3. The number of aromatic amines is 1. The summed E-state index contributed by atoms with van der Waals surface area (Å²) < 4.78 is 9.67. The molecule has 1 aliphatic heterocycles. The Hall–Kier alpha value is -2.58. The van der Waals surface area contributed by atoms with Crippen molar-refractivity contribution < 1.29 is 24.5 Å². The molecule has 172 valence electrons. The van der Waals surface area contributed by atoms with E-state index in [2.05, 4.69) is 33.8 Å². The van der Waals surface area contributed by atoms with Crippen molar-refractivity contribution in [1.29, 1.82) is 0 Å². The van der Waals surface area contributed by atoms with E-state index in [1.54, 1.807) is 6.92 Å². The van der Waals surface area contributed by atoms with E-state index in [0.717, 1.165) is 23.5 Å². The van der Waals surface area contributed by atoms with Crippen LogP contribution in [0.1, 0.15) is 29.8 Å². The first-order valence-electron chi connectivity index (χ1n) is 10.6. The lowest BCUT2D eigenvalue weighted by Crippen LogP contribution is -2.32. The number of hydrogen-bond donors (Lipinski definition) is 3. The minimum absolute atomic E-state index is 0.0755. The summed E-state index contributed by atoms with van der Waals surface area (Å²) >= 11 is 6.21. The Morgan fingerprint density at radius 3 is 2.66 bits per heavy atom. The molecule has 32 heavy (non-hydrogen) atoms. The molecule has 1 aliphatic rings. The number of rotatable bonds is 7. The minimum Gasteiger partial charge on any atom is -0.491 e. The van der Waals surface area contributed by atoms with Crippen LogP contribution < -0.4 is 4.74 Å². The number of aliphatic hydroxyl groups excluding tert-OH is 2. The van der Waals surface area contributed by atoms with Gasteiger partial charge in [-0.15, -0.1) is 0 Å². The fourth-order valence-corrected chi connectivity index (χ4v) is 4.03. The number of nitrogens with one attached hydrogen (secondary N) is 1. The number of halogens is 1. The van der Waals surface area contributed by atoms with Crippen LogP contribution in [0.5, 0.6) is 5.75 Å². The van der Waals surface area contributed by atoms with Crippen molar-refractivity contribution in [3.05, 3.63) is 64.3 Å². The van der Waals surface area contributed by atoms with Crippen molar-refractivity contribution in [1.82, 2.24) is 9.88 Å². The normalized spacial score (nSPS) is 16.6. The number of likely N-dealkylation sites (N-methyl/N-ethyl adjacent to an activating group) is 1. The number of aliphatic hydroxyl groups is 2. The molecule has 4 rings (SSSR count). The number of ether oxygens (including phenoxy) is 2. The number of benzene rings is 2. The van der Waals surface area contributed by atoms with Crippen LogP contribution in [-0.4, -0.2) is 66.1 Å². The molecule has 2 aromatic carbocycles. The molecule has 7 nitrogen and oxygen atoms in total. The predicted octanol–water partition coefficient (Wildman–Crippen LogP) is 3.31. The molecule has 1 aromatic heterocycles. The zero-order valence-corrected chi connectivity index (χ0v) is 19.0. The molecule has 0 saturated carbocycles. The van der Waals surface area contributed by atoms with E-state index < -0.39 is 6.10 Å². The third-order valence-corrected chi connectivity index (χ3v) is 5.65. The zero-order valence-electron chi connectivity index (χ0n) is 18.3. The van der Waals surface area contributed by atoms with Crippen LogP contribution in [0.4, 0.5) is 0 Å². The van der Waals surface area contributed by atoms with Crippen molar-refractivity contribution in [3.8, 4) is 5.75 Å². The van der Waals surface area contributed by atoms with Crippen LogP contribution >= 0.6 is 11.6 Å². The molecule has 2 atom stereocenters. The van der Waals surface area contributed by atoms with E-state index in [1.807, 2.05) is 30.3 Å². The van der Waals surface area contributed by atoms with Gasteiger partial charge < -0.3 is 24.7 Å². The Morgan fingerprint density at radius 1 is 1.28 bits per heavy atom. The first-order chi connectivity index (χ1) is 15.5. The molecule has 0 amide bonds. The lowest BCUT2D eigenvalue weighted by atomic mass is 9.93. The summed E-state index contributed by atoms with van der Waals surface area (Å²) in [6.07, 6.45) is 0.123. The van der Waals surface area contributed by atoms with Crippen LogP contribution in [0.2, 0.25) is 5.02 Å². The van der Waals surface area contributed by atoms with Crippen LogP contribution in [0.15, 0.2) is 42.5 Å². The number of aromatic nitrogens is 1. The minimum atomic E-state index is -0.866. The smallest absolute Gasteiger partial charge is 0.293 e. The van der Waals surface area contributed by atoms with Crippen molar-refractivity contribution in [3.63, 3.8) is 0 Å². The van der Waals surface area contributed by atoms with Gasteiger partial charge in [0.15, 0.2) is 0 Å². The Bertz CT molecular complexity index is 1020. The SMILES string of the molecule is CCOC=O.CN1CCc2c([nH]c3ccc(Cl)cc23)C1c1ccc(OCC(O)CO)cc1. The lowest BCUT2D eigenvalue weighted by Gasteiger charge is -2.33. The van der Waals surface area contributed by atoms with Crippen molar-refractivity contribution in [2.75, 3.05) is 33.4 Å². The van der Waals surface area contributed by atoms with E-state index in [1.165, 1.54) is 22.2 Å². The average molecular weight is 461 g/mol. The zero-order chi connectivity index (χ0) is 23.1. The number of carbonyl (C=O) groups excluding carboxylic acids is 1. The predicted molar refractivity (Wildman–Crippen MR) is 124 cm³/mol. The van der Waals surface area contributed by atoms with E-state index in [4.69, 9.17) is 21.4 Å². The van der Waals surface area contributed by atoms with Crippen LogP contribution in [0, 0.1) is 0 Å². The molecule has 2 heterocycles. The Balaban J connectivity index is 0.000000523. The Morgan fingerprint density at radius 2 is 2.03 bits per heavy atom. The molecular formula is C24H29ClN2O5. The van der Waals surface area contributed by atoms with Gasteiger partial charge in [-0.1, -0.05) is 23.7 Å². The van der Waals surface area contributed by atoms with Crippen molar-refractivity contribution in [2.24, 2.45) is 0 Å². The number of H-pyrrole nitrogens is 1. The van der Waals surface area contributed by atoms with Crippen molar-refractivity contribution in [2.45, 2.75) is 25.5 Å². The van der Waals surface area contributed by atoms with Gasteiger partial charge >= 0.3 is 0 Å². The van der Waals surface area contributed by atoms with Gasteiger partial charge in [-0.3, -0.25) is 9.69 Å². The molecule has 0 fully saturated rings. The molecule has 8 heteroatoms. The lowest BCUT2D eigenvalue weighted by molar-refractivity contribution is -0.128. The largest absolute Gasteiger partial charge is 0.491 e. The Kier molecular flexibility index (Phi) is 8.53. The maximum absolute atomic E-state index is 9.42. The fraction of sp³-hybridized carbons (Fsp3) is 0.375. The van der Waals surface area contributed by atoms with E-state index >= 15 is 0 Å². The number of fused-ring (bicyclic) bond motifs is 3. The van der Waals surface area contributed by atoms with Gasteiger partial charge in [0.05, 0.1) is 19.3 Å². The second-order valence-corrected chi connectivity index (χ2v) is 8.04. The highest BCUT2D eigenvalue weighted by Gasteiger charge is 2.29. The van der Waals surface area contributed by atoms with Crippen LogP contribution in [-0.2, 0) is 16.0 Å². The summed E-state index contributed by atoms with van der Waals surface area (Å²) in [5.74, 6) is 0.674. The molecule has 0 saturated heterocycles. The Labute approximate surface area is 192 Å². The molecular weight excluding hydrogens is 432 g/mol. The highest BCUT2D eigenvalue weighted by atomic mass is 35.5. The quantitative estimate of drug-likeness (QED) is 0.468. The first-order valence-corrected chi connectivity index (χ1v) is 10.9. The van der Waals surface area contributed by atoms with Gasteiger partial charge in [-0.05, 0) is 61.9 Å². The van der Waals surface area contributed by atoms with Gasteiger partial charge in [-0.2, -0.15) is 0 Å². The summed E-state index contributed by atoms with van der Waals surface area (Å²) in [5, 5.41) is 20.3. The van der Waals surface area contributed by atoms with E-state index in [-0.39, 0.29) is 19.3 Å². The highest BCUT2D eigenvalue weighted by Crippen LogP contribution is 2.38. The maximum Gasteiger partial charge on any atom is 0.293 e. The number of hydrogen-bond acceptors (Lipinski definition) is 6. The summed E-state index contributed by atoms with van der Waals surface area (Å²) in [7, 11) is 2.13. The second-order valence-electron chi connectivity index (χ2n) is 7.61. The van der Waals surface area contributed by atoms with Gasteiger partial charge in [-0.25, -0.2) is 0 Å². The maximum atomic E-state index is 9.42. The summed E-state index contributed by atoms with van der Waals surface area (Å²) in [5.41, 5.74) is 4.83. The molecule has 0 spiro atoms. The molecule has 3 N–H and O–H groups in total. The van der Waals surface area contributed by atoms with Gasteiger partial charge in [0.1, 0.15) is 18.5 Å². The average Bonchev–Trinajstić information content (AvgIpc) is 3.16. The van der Waals surface area contributed by atoms with E-state index in [0.29, 0.717) is 18.8 Å². The standard InChI is InChI=1S/C21H23ClN2O3.C3H6O2/c1-24-9-8-17-18-10-14(22)4-7-19(18)23-20(17)21(24)13-2-5-16(6-3-13)27-12-15(26)11-25;1-2-5-3-4/h2-7,10,15,21,23,25-26H,8-9,11-12H2,1H3;3H,2H2,1H3. The summed E-state index contributed by atoms with van der Waals surface area (Å²) in [4.78, 5) is 15.1. The fourth-order valence-electron chi connectivity index (χ4n) is 3.86. The molecule has 0 bridgehead atoms. The topological polar surface area (TPSA) is 95.0 Å².